The Bertz CT molecular complexity index is 668. The summed E-state index contributed by atoms with van der Waals surface area (Å²) in [6, 6.07) is 8.04. The molecule has 0 amide bonds. The number of rotatable bonds is 2. The quantitative estimate of drug-likeness (QED) is 0.378. The minimum atomic E-state index is 0.136. The van der Waals surface area contributed by atoms with E-state index in [1.54, 1.807) is 0 Å². The Balaban J connectivity index is 1.99. The van der Waals surface area contributed by atoms with Crippen LogP contribution in [0.1, 0.15) is 16.0 Å². The van der Waals surface area contributed by atoms with Crippen molar-refractivity contribution < 1.29 is 5.21 Å². The molecule has 104 valence electrons. The SMILES string of the molecule is N/C(=N/O)c1cc(Br)ccc1N1CCc2sccc2C1. The summed E-state index contributed by atoms with van der Waals surface area (Å²) in [7, 11) is 0. The molecular formula is C14H14BrN3OS. The zero-order chi connectivity index (χ0) is 14.1. The molecule has 0 atom stereocenters. The van der Waals surface area contributed by atoms with Crippen molar-refractivity contribution in [1.29, 1.82) is 0 Å². The number of nitrogens with two attached hydrogens (primary N) is 1. The fourth-order valence-electron chi connectivity index (χ4n) is 2.50. The first-order valence-electron chi connectivity index (χ1n) is 6.26. The third-order valence-corrected chi connectivity index (χ3v) is 5.01. The molecule has 0 saturated heterocycles. The van der Waals surface area contributed by atoms with Crippen molar-refractivity contribution in [2.75, 3.05) is 11.4 Å². The van der Waals surface area contributed by atoms with Crippen molar-refractivity contribution >= 4 is 38.8 Å². The van der Waals surface area contributed by atoms with Gasteiger partial charge in [0.15, 0.2) is 5.84 Å². The Morgan fingerprint density at radius 1 is 1.40 bits per heavy atom. The topological polar surface area (TPSA) is 61.9 Å². The van der Waals surface area contributed by atoms with Crippen molar-refractivity contribution in [3.8, 4) is 0 Å². The summed E-state index contributed by atoms with van der Waals surface area (Å²) in [5, 5.41) is 14.2. The van der Waals surface area contributed by atoms with E-state index in [1.807, 2.05) is 29.5 Å². The van der Waals surface area contributed by atoms with Crippen LogP contribution in [0.25, 0.3) is 0 Å². The number of oxime groups is 1. The Morgan fingerprint density at radius 2 is 2.25 bits per heavy atom. The molecule has 3 rings (SSSR count). The molecule has 4 nitrogen and oxygen atoms in total. The van der Waals surface area contributed by atoms with E-state index in [-0.39, 0.29) is 5.84 Å². The van der Waals surface area contributed by atoms with Gasteiger partial charge in [-0.2, -0.15) is 0 Å². The summed E-state index contributed by atoms with van der Waals surface area (Å²) in [5.74, 6) is 0.136. The van der Waals surface area contributed by atoms with Gasteiger partial charge in [-0.15, -0.1) is 11.3 Å². The van der Waals surface area contributed by atoms with Crippen LogP contribution in [0.4, 0.5) is 5.69 Å². The molecule has 1 aromatic heterocycles. The Labute approximate surface area is 129 Å². The van der Waals surface area contributed by atoms with Gasteiger partial charge in [-0.1, -0.05) is 21.1 Å². The van der Waals surface area contributed by atoms with Gasteiger partial charge in [-0.25, -0.2) is 0 Å². The van der Waals surface area contributed by atoms with Crippen LogP contribution < -0.4 is 10.6 Å². The predicted octanol–water partition coefficient (Wildman–Crippen LogP) is 3.17. The largest absolute Gasteiger partial charge is 0.409 e. The Hall–Kier alpha value is -1.53. The molecule has 0 aliphatic carbocycles. The lowest BCUT2D eigenvalue weighted by atomic mass is 10.1. The second kappa shape index (κ2) is 5.46. The lowest BCUT2D eigenvalue weighted by molar-refractivity contribution is 0.318. The number of benzene rings is 1. The molecule has 20 heavy (non-hydrogen) atoms. The Kier molecular flexibility index (Phi) is 3.67. The standard InChI is InChI=1S/C14H14BrN3OS/c15-10-1-2-12(11(7-10)14(16)17-19)18-5-3-13-9(8-18)4-6-20-13/h1-2,4,6-7,19H,3,5,8H2,(H2,16,17). The van der Waals surface area contributed by atoms with E-state index in [9.17, 15) is 0 Å². The predicted molar refractivity (Wildman–Crippen MR) is 85.7 cm³/mol. The molecule has 6 heteroatoms. The highest BCUT2D eigenvalue weighted by Crippen LogP contribution is 2.31. The monoisotopic (exact) mass is 351 g/mol. The van der Waals surface area contributed by atoms with Crippen LogP contribution in [0.2, 0.25) is 0 Å². The number of anilines is 1. The number of hydrogen-bond acceptors (Lipinski definition) is 4. The van der Waals surface area contributed by atoms with Crippen LogP contribution in [0.3, 0.4) is 0 Å². The van der Waals surface area contributed by atoms with Gasteiger partial charge < -0.3 is 15.8 Å². The van der Waals surface area contributed by atoms with Crippen LogP contribution in [0.15, 0.2) is 39.3 Å². The van der Waals surface area contributed by atoms with Crippen LogP contribution >= 0.6 is 27.3 Å². The second-order valence-electron chi connectivity index (χ2n) is 4.69. The van der Waals surface area contributed by atoms with E-state index in [2.05, 4.69) is 37.4 Å². The lowest BCUT2D eigenvalue weighted by Gasteiger charge is -2.30. The van der Waals surface area contributed by atoms with Gasteiger partial charge in [0.1, 0.15) is 0 Å². The highest BCUT2D eigenvalue weighted by molar-refractivity contribution is 9.10. The van der Waals surface area contributed by atoms with Gasteiger partial charge in [0.05, 0.1) is 0 Å². The molecule has 0 bridgehead atoms. The number of halogens is 1. The van der Waals surface area contributed by atoms with Gasteiger partial charge in [0, 0.05) is 33.7 Å². The minimum Gasteiger partial charge on any atom is -0.409 e. The zero-order valence-electron chi connectivity index (χ0n) is 10.7. The minimum absolute atomic E-state index is 0.136. The van der Waals surface area contributed by atoms with Gasteiger partial charge in [0.2, 0.25) is 0 Å². The molecule has 1 aromatic carbocycles. The number of amidine groups is 1. The van der Waals surface area contributed by atoms with Gasteiger partial charge in [-0.3, -0.25) is 0 Å². The number of fused-ring (bicyclic) bond motifs is 1. The van der Waals surface area contributed by atoms with Crippen LogP contribution in [0.5, 0.6) is 0 Å². The summed E-state index contributed by atoms with van der Waals surface area (Å²) in [6.07, 6.45) is 1.04. The highest BCUT2D eigenvalue weighted by atomic mass is 79.9. The molecule has 0 radical (unpaired) electrons. The third kappa shape index (κ3) is 2.41. The lowest BCUT2D eigenvalue weighted by Crippen LogP contribution is -2.31. The van der Waals surface area contributed by atoms with Crippen molar-refractivity contribution in [3.63, 3.8) is 0 Å². The maximum absolute atomic E-state index is 8.96. The molecule has 0 saturated carbocycles. The second-order valence-corrected chi connectivity index (χ2v) is 6.60. The molecule has 2 heterocycles. The number of thiophene rings is 1. The van der Waals surface area contributed by atoms with Crippen molar-refractivity contribution in [1.82, 2.24) is 0 Å². The molecular weight excluding hydrogens is 338 g/mol. The fraction of sp³-hybridized carbons (Fsp3) is 0.214. The number of nitrogens with zero attached hydrogens (tertiary/aromatic N) is 2. The first kappa shape index (κ1) is 13.5. The molecule has 1 aliphatic heterocycles. The van der Waals surface area contributed by atoms with E-state index >= 15 is 0 Å². The average Bonchev–Trinajstić information content (AvgIpc) is 2.93. The van der Waals surface area contributed by atoms with Crippen LogP contribution in [0, 0.1) is 0 Å². The van der Waals surface area contributed by atoms with Crippen molar-refractivity contribution in [2.24, 2.45) is 10.9 Å². The first-order valence-corrected chi connectivity index (χ1v) is 7.94. The van der Waals surface area contributed by atoms with Gasteiger partial charge >= 0.3 is 0 Å². The number of hydrogen-bond donors (Lipinski definition) is 2. The van der Waals surface area contributed by atoms with Gasteiger partial charge in [-0.05, 0) is 41.6 Å². The normalized spacial score (nSPS) is 15.2. The Morgan fingerprint density at radius 3 is 3.05 bits per heavy atom. The maximum atomic E-state index is 8.96. The zero-order valence-corrected chi connectivity index (χ0v) is 13.1. The first-order chi connectivity index (χ1) is 9.69. The van der Waals surface area contributed by atoms with Crippen molar-refractivity contribution in [3.05, 3.63) is 50.1 Å². The molecule has 0 spiro atoms. The third-order valence-electron chi connectivity index (χ3n) is 3.49. The molecule has 1 aliphatic rings. The highest BCUT2D eigenvalue weighted by Gasteiger charge is 2.20. The average molecular weight is 352 g/mol. The van der Waals surface area contributed by atoms with E-state index in [0.717, 1.165) is 35.2 Å². The molecule has 2 aromatic rings. The van der Waals surface area contributed by atoms with E-state index in [1.165, 1.54) is 10.4 Å². The summed E-state index contributed by atoms with van der Waals surface area (Å²) in [6.45, 7) is 1.81. The molecule has 0 fully saturated rings. The van der Waals surface area contributed by atoms with Crippen molar-refractivity contribution in [2.45, 2.75) is 13.0 Å². The van der Waals surface area contributed by atoms with Crippen LogP contribution in [-0.4, -0.2) is 17.6 Å². The van der Waals surface area contributed by atoms with Gasteiger partial charge in [0.25, 0.3) is 0 Å². The molecule has 3 N–H and O–H groups in total. The fourth-order valence-corrected chi connectivity index (χ4v) is 3.75. The van der Waals surface area contributed by atoms with E-state index in [4.69, 9.17) is 10.9 Å². The maximum Gasteiger partial charge on any atom is 0.172 e. The summed E-state index contributed by atoms with van der Waals surface area (Å²) in [5.41, 5.74) is 8.92. The molecule has 0 unspecified atom stereocenters. The van der Waals surface area contributed by atoms with E-state index in [0.29, 0.717) is 0 Å². The van der Waals surface area contributed by atoms with E-state index < -0.39 is 0 Å². The summed E-state index contributed by atoms with van der Waals surface area (Å²) in [4.78, 5) is 3.73. The smallest absolute Gasteiger partial charge is 0.172 e. The summed E-state index contributed by atoms with van der Waals surface area (Å²) >= 11 is 5.25. The van der Waals surface area contributed by atoms with Crippen LogP contribution in [-0.2, 0) is 13.0 Å². The summed E-state index contributed by atoms with van der Waals surface area (Å²) < 4.78 is 0.913.